The molecule has 0 aromatic heterocycles. The first-order valence-electron chi connectivity index (χ1n) is 11.0. The molecule has 178 valence electrons. The number of benzene rings is 2. The number of esters is 1. The van der Waals surface area contributed by atoms with Gasteiger partial charge in [-0.1, -0.05) is 61.9 Å². The molecule has 0 unspecified atom stereocenters. The molecule has 0 bridgehead atoms. The van der Waals surface area contributed by atoms with E-state index in [1.807, 2.05) is 43.3 Å². The van der Waals surface area contributed by atoms with E-state index in [0.29, 0.717) is 6.42 Å². The molecule has 0 radical (unpaired) electrons. The molecule has 0 atom stereocenters. The standard InChI is InChI=1S/C24H30N2O6S/c1-3-4-15-31-23(27)16-26(33(2,29)30)14-13-25-24(28)32-17-22-20-11-7-5-9-18(20)19-10-6-8-12-21(19)22/h5-12,22H,3-4,13-17H2,1-2H3,(H,25,28). The predicted molar refractivity (Wildman–Crippen MR) is 125 cm³/mol. The molecule has 33 heavy (non-hydrogen) atoms. The smallest absolute Gasteiger partial charge is 0.407 e. The van der Waals surface area contributed by atoms with Crippen LogP contribution in [0.25, 0.3) is 11.1 Å². The number of hydrogen-bond donors (Lipinski definition) is 1. The third-order valence-corrected chi connectivity index (χ3v) is 6.76. The van der Waals surface area contributed by atoms with E-state index in [-0.39, 0.29) is 32.2 Å². The van der Waals surface area contributed by atoms with E-state index in [9.17, 15) is 18.0 Å². The van der Waals surface area contributed by atoms with Crippen LogP contribution in [0.4, 0.5) is 4.79 Å². The first kappa shape index (κ1) is 24.7. The van der Waals surface area contributed by atoms with Crippen LogP contribution in [-0.2, 0) is 24.3 Å². The molecule has 2 aromatic carbocycles. The summed E-state index contributed by atoms with van der Waals surface area (Å²) in [6, 6.07) is 16.1. The number of carbonyl (C=O) groups is 2. The quantitative estimate of drug-likeness (QED) is 0.397. The zero-order valence-corrected chi connectivity index (χ0v) is 19.8. The third-order valence-electron chi connectivity index (χ3n) is 5.51. The number of nitrogens with one attached hydrogen (secondary N) is 1. The average molecular weight is 475 g/mol. The van der Waals surface area contributed by atoms with Crippen LogP contribution in [0.15, 0.2) is 48.5 Å². The Balaban J connectivity index is 1.50. The Labute approximate surface area is 194 Å². The van der Waals surface area contributed by atoms with Crippen LogP contribution in [0.2, 0.25) is 0 Å². The monoisotopic (exact) mass is 474 g/mol. The highest BCUT2D eigenvalue weighted by Gasteiger charge is 2.29. The number of alkyl carbamates (subject to hydrolysis) is 1. The number of hydrogen-bond acceptors (Lipinski definition) is 6. The van der Waals surface area contributed by atoms with Gasteiger partial charge in [0, 0.05) is 19.0 Å². The molecule has 0 saturated carbocycles. The summed E-state index contributed by atoms with van der Waals surface area (Å²) in [5.74, 6) is -0.677. The molecule has 1 aliphatic rings. The van der Waals surface area contributed by atoms with Crippen molar-refractivity contribution in [3.8, 4) is 11.1 Å². The van der Waals surface area contributed by atoms with Crippen molar-refractivity contribution in [1.82, 2.24) is 9.62 Å². The van der Waals surface area contributed by atoms with Gasteiger partial charge in [-0.25, -0.2) is 13.2 Å². The number of fused-ring (bicyclic) bond motifs is 3. The highest BCUT2D eigenvalue weighted by atomic mass is 32.2. The fourth-order valence-corrected chi connectivity index (χ4v) is 4.58. The normalized spacial score (nSPS) is 12.8. The molecule has 1 aliphatic carbocycles. The van der Waals surface area contributed by atoms with Crippen LogP contribution >= 0.6 is 0 Å². The van der Waals surface area contributed by atoms with Crippen molar-refractivity contribution in [1.29, 1.82) is 0 Å². The summed E-state index contributed by atoms with van der Waals surface area (Å²) in [5, 5.41) is 2.56. The average Bonchev–Trinajstić information content (AvgIpc) is 3.10. The van der Waals surface area contributed by atoms with Gasteiger partial charge in [-0.3, -0.25) is 4.79 Å². The van der Waals surface area contributed by atoms with Crippen molar-refractivity contribution < 1.29 is 27.5 Å². The maximum absolute atomic E-state index is 12.3. The number of ether oxygens (including phenoxy) is 2. The van der Waals surface area contributed by atoms with Crippen LogP contribution in [0.5, 0.6) is 0 Å². The molecule has 0 saturated heterocycles. The van der Waals surface area contributed by atoms with Crippen molar-refractivity contribution in [2.75, 3.05) is 39.1 Å². The van der Waals surface area contributed by atoms with E-state index in [2.05, 4.69) is 17.4 Å². The Kier molecular flexibility index (Phi) is 8.46. The van der Waals surface area contributed by atoms with Gasteiger partial charge < -0.3 is 14.8 Å². The summed E-state index contributed by atoms with van der Waals surface area (Å²) in [6.07, 6.45) is 1.96. The zero-order valence-electron chi connectivity index (χ0n) is 19.0. The Hall–Kier alpha value is -2.91. The van der Waals surface area contributed by atoms with Crippen molar-refractivity contribution in [2.45, 2.75) is 25.7 Å². The Morgan fingerprint density at radius 2 is 1.61 bits per heavy atom. The number of amides is 1. The van der Waals surface area contributed by atoms with Crippen molar-refractivity contribution in [3.05, 3.63) is 59.7 Å². The SMILES string of the molecule is CCCCOC(=O)CN(CCNC(=O)OCC1c2ccccc2-c2ccccc21)S(C)(=O)=O. The molecule has 0 aliphatic heterocycles. The van der Waals surface area contributed by atoms with Crippen molar-refractivity contribution in [3.63, 3.8) is 0 Å². The van der Waals surface area contributed by atoms with E-state index < -0.39 is 28.6 Å². The number of nitrogens with zero attached hydrogens (tertiary/aromatic N) is 1. The van der Waals surface area contributed by atoms with Gasteiger partial charge in [-0.15, -0.1) is 0 Å². The lowest BCUT2D eigenvalue weighted by Crippen LogP contribution is -2.41. The summed E-state index contributed by atoms with van der Waals surface area (Å²) >= 11 is 0. The van der Waals surface area contributed by atoms with Crippen LogP contribution in [0.1, 0.15) is 36.8 Å². The van der Waals surface area contributed by atoms with Crippen LogP contribution < -0.4 is 5.32 Å². The molecule has 3 rings (SSSR count). The summed E-state index contributed by atoms with van der Waals surface area (Å²) in [7, 11) is -3.64. The number of sulfonamides is 1. The first-order valence-corrected chi connectivity index (χ1v) is 12.9. The van der Waals surface area contributed by atoms with Gasteiger partial charge >= 0.3 is 12.1 Å². The van der Waals surface area contributed by atoms with E-state index >= 15 is 0 Å². The van der Waals surface area contributed by atoms with Gasteiger partial charge in [0.1, 0.15) is 13.2 Å². The second-order valence-corrected chi connectivity index (χ2v) is 9.91. The lowest BCUT2D eigenvalue weighted by molar-refractivity contribution is -0.143. The van der Waals surface area contributed by atoms with Gasteiger partial charge in [0.15, 0.2) is 0 Å². The van der Waals surface area contributed by atoms with Crippen LogP contribution in [0, 0.1) is 0 Å². The zero-order chi connectivity index (χ0) is 23.8. The number of carbonyl (C=O) groups excluding carboxylic acids is 2. The topological polar surface area (TPSA) is 102 Å². The molecule has 1 amide bonds. The minimum atomic E-state index is -3.64. The van der Waals surface area contributed by atoms with Gasteiger partial charge in [0.05, 0.1) is 12.9 Å². The van der Waals surface area contributed by atoms with Gasteiger partial charge in [-0.05, 0) is 28.7 Å². The fraction of sp³-hybridized carbons (Fsp3) is 0.417. The largest absolute Gasteiger partial charge is 0.465 e. The lowest BCUT2D eigenvalue weighted by atomic mass is 9.98. The minimum Gasteiger partial charge on any atom is -0.465 e. The van der Waals surface area contributed by atoms with Crippen molar-refractivity contribution in [2.24, 2.45) is 0 Å². The first-order chi connectivity index (χ1) is 15.8. The van der Waals surface area contributed by atoms with E-state index in [4.69, 9.17) is 9.47 Å². The fourth-order valence-electron chi connectivity index (χ4n) is 3.81. The Morgan fingerprint density at radius 1 is 1.00 bits per heavy atom. The molecular formula is C24H30N2O6S. The van der Waals surface area contributed by atoms with Crippen molar-refractivity contribution >= 4 is 22.1 Å². The van der Waals surface area contributed by atoms with Crippen LogP contribution in [0.3, 0.4) is 0 Å². The Bertz CT molecular complexity index is 1040. The van der Waals surface area contributed by atoms with E-state index in [1.54, 1.807) is 0 Å². The molecule has 0 heterocycles. The van der Waals surface area contributed by atoms with Gasteiger partial charge in [0.25, 0.3) is 0 Å². The minimum absolute atomic E-state index is 0.00594. The van der Waals surface area contributed by atoms with Gasteiger partial charge in [0.2, 0.25) is 10.0 Å². The van der Waals surface area contributed by atoms with Crippen LogP contribution in [-0.4, -0.2) is 63.9 Å². The van der Waals surface area contributed by atoms with Gasteiger partial charge in [-0.2, -0.15) is 4.31 Å². The summed E-state index contributed by atoms with van der Waals surface area (Å²) in [4.78, 5) is 24.1. The third kappa shape index (κ3) is 6.55. The highest BCUT2D eigenvalue weighted by molar-refractivity contribution is 7.88. The molecule has 0 spiro atoms. The summed E-state index contributed by atoms with van der Waals surface area (Å²) in [5.41, 5.74) is 4.49. The Morgan fingerprint density at radius 3 is 2.18 bits per heavy atom. The molecule has 2 aromatic rings. The molecule has 8 nitrogen and oxygen atoms in total. The highest BCUT2D eigenvalue weighted by Crippen LogP contribution is 2.44. The summed E-state index contributed by atoms with van der Waals surface area (Å²) < 4.78 is 35.4. The molecule has 9 heteroatoms. The maximum Gasteiger partial charge on any atom is 0.407 e. The molecular weight excluding hydrogens is 444 g/mol. The predicted octanol–water partition coefficient (Wildman–Crippen LogP) is 3.13. The lowest BCUT2D eigenvalue weighted by Gasteiger charge is -2.19. The van der Waals surface area contributed by atoms with E-state index in [1.165, 1.54) is 0 Å². The van der Waals surface area contributed by atoms with E-state index in [0.717, 1.165) is 39.2 Å². The second-order valence-electron chi connectivity index (χ2n) is 7.92. The maximum atomic E-state index is 12.3. The second kappa shape index (κ2) is 11.3. The molecule has 1 N–H and O–H groups in total. The number of unbranched alkanes of at least 4 members (excludes halogenated alkanes) is 1. The molecule has 0 fully saturated rings. The number of rotatable bonds is 11. The summed E-state index contributed by atoms with van der Waals surface area (Å²) in [6.45, 7) is 1.93.